The lowest BCUT2D eigenvalue weighted by molar-refractivity contribution is -0.137. The van der Waals surface area contributed by atoms with Crippen molar-refractivity contribution in [1.29, 1.82) is 0 Å². The first-order valence-electron chi connectivity index (χ1n) is 10.6. The average Bonchev–Trinajstić information content (AvgIpc) is 3.39. The minimum absolute atomic E-state index is 0.0336. The van der Waals surface area contributed by atoms with Crippen LogP contribution in [0.1, 0.15) is 44.6 Å². The number of hydrogen-bond acceptors (Lipinski definition) is 5. The first-order chi connectivity index (χ1) is 14.4. The van der Waals surface area contributed by atoms with Crippen molar-refractivity contribution in [1.82, 2.24) is 15.2 Å². The second-order valence-corrected chi connectivity index (χ2v) is 8.21. The van der Waals surface area contributed by atoms with Gasteiger partial charge in [-0.25, -0.2) is 5.41 Å². The molecule has 1 aromatic heterocycles. The molecule has 0 bridgehead atoms. The highest BCUT2D eigenvalue weighted by atomic mass is 16.2. The number of likely N-dealkylation sites (tertiary alicyclic amines) is 1. The molecule has 1 aliphatic carbocycles. The van der Waals surface area contributed by atoms with E-state index in [0.29, 0.717) is 42.6 Å². The summed E-state index contributed by atoms with van der Waals surface area (Å²) >= 11 is 0. The summed E-state index contributed by atoms with van der Waals surface area (Å²) in [5, 5.41) is 11.8. The SMILES string of the molecule is CC1CCCC1CNC(=O)[C@@H]1CCCN1C(=O)CNc1cnccc1C(=[NH2+])C(N)=O. The maximum absolute atomic E-state index is 12.8. The predicted octanol–water partition coefficient (Wildman–Crippen LogP) is -0.930. The van der Waals surface area contributed by atoms with Crippen molar-refractivity contribution in [2.24, 2.45) is 17.6 Å². The molecule has 30 heavy (non-hydrogen) atoms. The van der Waals surface area contributed by atoms with E-state index in [1.165, 1.54) is 25.2 Å². The maximum Gasteiger partial charge on any atom is 0.313 e. The van der Waals surface area contributed by atoms with E-state index in [9.17, 15) is 14.4 Å². The van der Waals surface area contributed by atoms with Gasteiger partial charge in [0.2, 0.25) is 11.8 Å². The molecule has 1 aromatic rings. The zero-order chi connectivity index (χ0) is 21.7. The lowest BCUT2D eigenvalue weighted by Crippen LogP contribution is -2.49. The number of nitrogens with one attached hydrogen (secondary N) is 2. The van der Waals surface area contributed by atoms with Crippen LogP contribution in [0.2, 0.25) is 0 Å². The minimum atomic E-state index is -0.747. The van der Waals surface area contributed by atoms with E-state index >= 15 is 0 Å². The van der Waals surface area contributed by atoms with Crippen molar-refractivity contribution in [3.8, 4) is 0 Å². The van der Waals surface area contributed by atoms with E-state index in [-0.39, 0.29) is 24.1 Å². The van der Waals surface area contributed by atoms with Crippen LogP contribution in [0.4, 0.5) is 5.69 Å². The van der Waals surface area contributed by atoms with Gasteiger partial charge in [-0.15, -0.1) is 0 Å². The van der Waals surface area contributed by atoms with E-state index in [0.717, 1.165) is 12.8 Å². The van der Waals surface area contributed by atoms with Crippen molar-refractivity contribution < 1.29 is 19.8 Å². The van der Waals surface area contributed by atoms with E-state index in [2.05, 4.69) is 22.5 Å². The third-order valence-electron chi connectivity index (χ3n) is 6.26. The summed E-state index contributed by atoms with van der Waals surface area (Å²) in [6.45, 7) is 3.43. The van der Waals surface area contributed by atoms with Gasteiger partial charge in [-0.3, -0.25) is 19.4 Å². The third kappa shape index (κ3) is 4.95. The van der Waals surface area contributed by atoms with E-state index in [1.807, 2.05) is 0 Å². The number of nitrogens with zero attached hydrogens (tertiary/aromatic N) is 2. The van der Waals surface area contributed by atoms with Crippen molar-refractivity contribution in [2.45, 2.75) is 45.1 Å². The average molecular weight is 416 g/mol. The standard InChI is InChI=1S/C21H30N6O3/c1-13-4-2-5-14(13)10-26-21(30)17-6-3-9-27(17)18(28)12-25-16-11-24-8-7-15(16)19(22)20(23)29/h7-8,11,13-14,17,22,25H,2-6,9-10,12H2,1H3,(H2,23,29)(H,26,30)/p+1/t13?,14?,17-/m0/s1. The number of carbonyl (C=O) groups excluding carboxylic acids is 3. The van der Waals surface area contributed by atoms with Crippen molar-refractivity contribution in [3.05, 3.63) is 24.0 Å². The molecule has 1 aliphatic heterocycles. The predicted molar refractivity (Wildman–Crippen MR) is 112 cm³/mol. The molecule has 162 valence electrons. The Morgan fingerprint density at radius 1 is 1.27 bits per heavy atom. The van der Waals surface area contributed by atoms with Crippen molar-refractivity contribution in [2.75, 3.05) is 25.0 Å². The Kier molecular flexibility index (Phi) is 7.02. The molecule has 2 aliphatic rings. The van der Waals surface area contributed by atoms with Gasteiger partial charge < -0.3 is 21.3 Å². The molecule has 1 saturated heterocycles. The number of nitrogens with two attached hydrogens (primary N) is 2. The van der Waals surface area contributed by atoms with Crippen LogP contribution < -0.4 is 21.8 Å². The largest absolute Gasteiger partial charge is 0.374 e. The zero-order valence-corrected chi connectivity index (χ0v) is 17.4. The highest BCUT2D eigenvalue weighted by Gasteiger charge is 2.34. The van der Waals surface area contributed by atoms with E-state index < -0.39 is 11.9 Å². The summed E-state index contributed by atoms with van der Waals surface area (Å²) in [5.74, 6) is 0.150. The molecule has 6 N–H and O–H groups in total. The fraction of sp³-hybridized carbons (Fsp3) is 0.571. The Hall–Kier alpha value is -2.97. The molecule has 2 unspecified atom stereocenters. The Balaban J connectivity index is 1.56. The van der Waals surface area contributed by atoms with Gasteiger partial charge in [0.25, 0.3) is 5.71 Å². The van der Waals surface area contributed by atoms with E-state index in [4.69, 9.17) is 11.1 Å². The van der Waals surface area contributed by atoms with Gasteiger partial charge in [-0.2, -0.15) is 0 Å². The topological polar surface area (TPSA) is 143 Å². The van der Waals surface area contributed by atoms with E-state index in [1.54, 1.807) is 11.0 Å². The monoisotopic (exact) mass is 415 g/mol. The molecule has 3 rings (SSSR count). The normalized spacial score (nSPS) is 23.2. The molecule has 9 nitrogen and oxygen atoms in total. The van der Waals surface area contributed by atoms with Gasteiger partial charge in [0.15, 0.2) is 0 Å². The number of primary amides is 1. The molecular weight excluding hydrogens is 384 g/mol. The summed E-state index contributed by atoms with van der Waals surface area (Å²) in [4.78, 5) is 42.5. The molecule has 0 aromatic carbocycles. The minimum Gasteiger partial charge on any atom is -0.374 e. The summed E-state index contributed by atoms with van der Waals surface area (Å²) in [6, 6.07) is 1.12. The van der Waals surface area contributed by atoms with Crippen LogP contribution in [0, 0.1) is 11.8 Å². The lowest BCUT2D eigenvalue weighted by Gasteiger charge is -2.25. The van der Waals surface area contributed by atoms with Crippen LogP contribution in [-0.2, 0) is 14.4 Å². The highest BCUT2D eigenvalue weighted by molar-refractivity contribution is 6.43. The van der Waals surface area contributed by atoms with Gasteiger partial charge in [-0.05, 0) is 37.2 Å². The third-order valence-corrected chi connectivity index (χ3v) is 6.26. The molecule has 9 heteroatoms. The molecule has 3 atom stereocenters. The Morgan fingerprint density at radius 3 is 2.77 bits per heavy atom. The zero-order valence-electron chi connectivity index (χ0n) is 17.4. The van der Waals surface area contributed by atoms with Crippen molar-refractivity contribution >= 4 is 29.1 Å². The first-order valence-corrected chi connectivity index (χ1v) is 10.6. The smallest absolute Gasteiger partial charge is 0.313 e. The number of carbonyl (C=O) groups is 3. The summed E-state index contributed by atoms with van der Waals surface area (Å²) in [5.41, 5.74) is 5.99. The van der Waals surface area contributed by atoms with Crippen LogP contribution in [0.15, 0.2) is 18.5 Å². The Morgan fingerprint density at radius 2 is 2.07 bits per heavy atom. The summed E-state index contributed by atoms with van der Waals surface area (Å²) in [7, 11) is 0. The summed E-state index contributed by atoms with van der Waals surface area (Å²) in [6.07, 6.45) is 8.02. The Labute approximate surface area is 176 Å². The second-order valence-electron chi connectivity index (χ2n) is 8.21. The quantitative estimate of drug-likeness (QED) is 0.406. The maximum atomic E-state index is 12.8. The van der Waals surface area contributed by atoms with Crippen molar-refractivity contribution in [3.63, 3.8) is 0 Å². The molecule has 2 fully saturated rings. The van der Waals surface area contributed by atoms with Gasteiger partial charge in [-0.1, -0.05) is 19.8 Å². The van der Waals surface area contributed by atoms with Crippen LogP contribution in [-0.4, -0.2) is 59.0 Å². The van der Waals surface area contributed by atoms with Crippen LogP contribution in [0.25, 0.3) is 0 Å². The molecule has 1 saturated carbocycles. The summed E-state index contributed by atoms with van der Waals surface area (Å²) < 4.78 is 0. The first kappa shape index (κ1) is 21.7. The molecule has 0 radical (unpaired) electrons. The second kappa shape index (κ2) is 9.69. The molecule has 3 amide bonds. The van der Waals surface area contributed by atoms with Gasteiger partial charge >= 0.3 is 5.91 Å². The van der Waals surface area contributed by atoms with Crippen LogP contribution in [0.5, 0.6) is 0 Å². The number of anilines is 1. The lowest BCUT2D eigenvalue weighted by atomic mass is 9.98. The molecular formula is C21H31N6O3+. The number of amides is 3. The number of hydrogen-bond donors (Lipinski definition) is 4. The van der Waals surface area contributed by atoms with Gasteiger partial charge in [0, 0.05) is 19.3 Å². The number of rotatable bonds is 8. The highest BCUT2D eigenvalue weighted by Crippen LogP contribution is 2.30. The number of aromatic nitrogens is 1. The Bertz CT molecular complexity index is 827. The van der Waals surface area contributed by atoms with Gasteiger partial charge in [0.05, 0.1) is 24.0 Å². The van der Waals surface area contributed by atoms with Crippen LogP contribution >= 0.6 is 0 Å². The van der Waals surface area contributed by atoms with Gasteiger partial charge in [0.1, 0.15) is 6.04 Å². The fourth-order valence-corrected chi connectivity index (χ4v) is 4.39. The number of pyridine rings is 1. The van der Waals surface area contributed by atoms with Crippen LogP contribution in [0.3, 0.4) is 0 Å². The molecule has 0 spiro atoms. The molecule has 2 heterocycles. The fourth-order valence-electron chi connectivity index (χ4n) is 4.39.